The maximum absolute atomic E-state index is 12.2. The SMILES string of the molecule is O=C(NC1CCN(C[C@@H]2CCOC2)CC1)c1cc(Cl)ccn1. The number of rotatable bonds is 4. The van der Waals surface area contributed by atoms with Gasteiger partial charge in [0.15, 0.2) is 0 Å². The molecular formula is C16H22ClN3O2. The number of carbonyl (C=O) groups is 1. The van der Waals surface area contributed by atoms with Crippen LogP contribution in [0.4, 0.5) is 0 Å². The molecule has 0 bridgehead atoms. The minimum absolute atomic E-state index is 0.134. The van der Waals surface area contributed by atoms with Gasteiger partial charge in [-0.3, -0.25) is 9.78 Å². The summed E-state index contributed by atoms with van der Waals surface area (Å²) in [6, 6.07) is 3.50. The molecule has 0 aromatic carbocycles. The fourth-order valence-electron chi connectivity index (χ4n) is 3.14. The Morgan fingerprint density at radius 3 is 2.91 bits per heavy atom. The summed E-state index contributed by atoms with van der Waals surface area (Å²) in [6.45, 7) is 4.99. The molecule has 0 radical (unpaired) electrons. The topological polar surface area (TPSA) is 54.5 Å². The maximum Gasteiger partial charge on any atom is 0.270 e. The number of piperidine rings is 1. The van der Waals surface area contributed by atoms with Gasteiger partial charge in [0.25, 0.3) is 5.91 Å². The molecular weight excluding hydrogens is 302 g/mol. The fourth-order valence-corrected chi connectivity index (χ4v) is 3.30. The van der Waals surface area contributed by atoms with Crippen molar-refractivity contribution in [2.75, 3.05) is 32.8 Å². The highest BCUT2D eigenvalue weighted by molar-refractivity contribution is 6.30. The van der Waals surface area contributed by atoms with Crippen LogP contribution in [-0.2, 0) is 4.74 Å². The van der Waals surface area contributed by atoms with Gasteiger partial charge in [0.2, 0.25) is 0 Å². The maximum atomic E-state index is 12.2. The molecule has 2 aliphatic rings. The second-order valence-electron chi connectivity index (χ2n) is 6.14. The number of nitrogens with one attached hydrogen (secondary N) is 1. The van der Waals surface area contributed by atoms with Gasteiger partial charge in [-0.15, -0.1) is 0 Å². The minimum atomic E-state index is -0.134. The van der Waals surface area contributed by atoms with Crippen molar-refractivity contribution in [3.63, 3.8) is 0 Å². The van der Waals surface area contributed by atoms with E-state index in [0.29, 0.717) is 16.6 Å². The molecule has 2 fully saturated rings. The molecule has 1 aromatic rings. The molecule has 0 unspecified atom stereocenters. The molecule has 1 aromatic heterocycles. The van der Waals surface area contributed by atoms with Gasteiger partial charge in [0, 0.05) is 43.5 Å². The molecule has 2 saturated heterocycles. The van der Waals surface area contributed by atoms with E-state index in [1.807, 2.05) is 0 Å². The van der Waals surface area contributed by atoms with E-state index in [2.05, 4.69) is 15.2 Å². The van der Waals surface area contributed by atoms with E-state index < -0.39 is 0 Å². The van der Waals surface area contributed by atoms with Gasteiger partial charge in [-0.05, 0) is 37.3 Å². The molecule has 1 N–H and O–H groups in total. The van der Waals surface area contributed by atoms with Crippen LogP contribution in [0.2, 0.25) is 5.02 Å². The smallest absolute Gasteiger partial charge is 0.270 e. The van der Waals surface area contributed by atoms with Crippen molar-refractivity contribution in [3.8, 4) is 0 Å². The Labute approximate surface area is 136 Å². The predicted octanol–water partition coefficient (Wildman–Crippen LogP) is 1.97. The second-order valence-corrected chi connectivity index (χ2v) is 6.57. The van der Waals surface area contributed by atoms with Gasteiger partial charge < -0.3 is 15.0 Å². The zero-order valence-electron chi connectivity index (χ0n) is 12.6. The average molecular weight is 324 g/mol. The largest absolute Gasteiger partial charge is 0.381 e. The van der Waals surface area contributed by atoms with Gasteiger partial charge in [0.05, 0.1) is 6.61 Å². The highest BCUT2D eigenvalue weighted by atomic mass is 35.5. The normalized spacial score (nSPS) is 23.6. The van der Waals surface area contributed by atoms with Gasteiger partial charge in [0.1, 0.15) is 5.69 Å². The summed E-state index contributed by atoms with van der Waals surface area (Å²) in [5, 5.41) is 3.60. The molecule has 120 valence electrons. The zero-order valence-corrected chi connectivity index (χ0v) is 13.4. The first-order valence-corrected chi connectivity index (χ1v) is 8.31. The number of likely N-dealkylation sites (tertiary alicyclic amines) is 1. The van der Waals surface area contributed by atoms with Gasteiger partial charge in [-0.1, -0.05) is 11.6 Å². The predicted molar refractivity (Wildman–Crippen MR) is 85.1 cm³/mol. The second kappa shape index (κ2) is 7.40. The Morgan fingerprint density at radius 2 is 2.23 bits per heavy atom. The van der Waals surface area contributed by atoms with Crippen LogP contribution in [0.25, 0.3) is 0 Å². The Morgan fingerprint density at radius 1 is 1.41 bits per heavy atom. The van der Waals surface area contributed by atoms with Crippen molar-refractivity contribution >= 4 is 17.5 Å². The quantitative estimate of drug-likeness (QED) is 0.920. The number of aromatic nitrogens is 1. The lowest BCUT2D eigenvalue weighted by molar-refractivity contribution is 0.0898. The number of hydrogen-bond acceptors (Lipinski definition) is 4. The van der Waals surface area contributed by atoms with Crippen LogP contribution < -0.4 is 5.32 Å². The van der Waals surface area contributed by atoms with E-state index >= 15 is 0 Å². The Kier molecular flexibility index (Phi) is 5.28. The molecule has 1 amide bonds. The van der Waals surface area contributed by atoms with Crippen LogP contribution in [0.3, 0.4) is 0 Å². The van der Waals surface area contributed by atoms with E-state index in [4.69, 9.17) is 16.3 Å². The standard InChI is InChI=1S/C16H22ClN3O2/c17-13-1-5-18-15(9-13)16(21)19-14-2-6-20(7-3-14)10-12-4-8-22-11-12/h1,5,9,12,14H,2-4,6-8,10-11H2,(H,19,21)/t12-/m0/s1. The van der Waals surface area contributed by atoms with Crippen LogP contribution in [0.15, 0.2) is 18.3 Å². The van der Waals surface area contributed by atoms with Crippen molar-refractivity contribution in [2.24, 2.45) is 5.92 Å². The van der Waals surface area contributed by atoms with Crippen molar-refractivity contribution in [3.05, 3.63) is 29.0 Å². The van der Waals surface area contributed by atoms with Crippen LogP contribution in [0.5, 0.6) is 0 Å². The van der Waals surface area contributed by atoms with Crippen molar-refractivity contribution < 1.29 is 9.53 Å². The first kappa shape index (κ1) is 15.7. The van der Waals surface area contributed by atoms with Crippen molar-refractivity contribution in [1.29, 1.82) is 0 Å². The number of amides is 1. The van der Waals surface area contributed by atoms with Gasteiger partial charge >= 0.3 is 0 Å². The Bertz CT molecular complexity index is 512. The average Bonchev–Trinajstić information content (AvgIpc) is 3.02. The molecule has 3 heterocycles. The Hall–Kier alpha value is -1.17. The minimum Gasteiger partial charge on any atom is -0.381 e. The highest BCUT2D eigenvalue weighted by Gasteiger charge is 2.25. The van der Waals surface area contributed by atoms with E-state index in [1.54, 1.807) is 18.3 Å². The molecule has 0 spiro atoms. The molecule has 1 atom stereocenters. The van der Waals surface area contributed by atoms with Gasteiger partial charge in [-0.2, -0.15) is 0 Å². The first-order chi connectivity index (χ1) is 10.7. The number of nitrogens with zero attached hydrogens (tertiary/aromatic N) is 2. The summed E-state index contributed by atoms with van der Waals surface area (Å²) in [5.41, 5.74) is 0.387. The van der Waals surface area contributed by atoms with Crippen molar-refractivity contribution in [1.82, 2.24) is 15.2 Å². The molecule has 3 rings (SSSR count). The number of ether oxygens (including phenoxy) is 1. The van der Waals surface area contributed by atoms with Crippen LogP contribution in [0.1, 0.15) is 29.8 Å². The summed E-state index contributed by atoms with van der Waals surface area (Å²) in [7, 11) is 0. The summed E-state index contributed by atoms with van der Waals surface area (Å²) in [4.78, 5) is 18.7. The lowest BCUT2D eigenvalue weighted by Crippen LogP contribution is -2.46. The lowest BCUT2D eigenvalue weighted by Gasteiger charge is -2.33. The third-order valence-corrected chi connectivity index (χ3v) is 4.65. The van der Waals surface area contributed by atoms with E-state index in [9.17, 15) is 4.79 Å². The van der Waals surface area contributed by atoms with E-state index in [-0.39, 0.29) is 11.9 Å². The molecule has 0 saturated carbocycles. The number of hydrogen-bond donors (Lipinski definition) is 1. The van der Waals surface area contributed by atoms with E-state index in [1.165, 1.54) is 6.42 Å². The molecule has 5 nitrogen and oxygen atoms in total. The summed E-state index contributed by atoms with van der Waals surface area (Å²) >= 11 is 5.89. The summed E-state index contributed by atoms with van der Waals surface area (Å²) in [5.74, 6) is 0.548. The number of halogens is 1. The van der Waals surface area contributed by atoms with Gasteiger partial charge in [-0.25, -0.2) is 0 Å². The summed E-state index contributed by atoms with van der Waals surface area (Å²) < 4.78 is 5.43. The lowest BCUT2D eigenvalue weighted by atomic mass is 10.0. The van der Waals surface area contributed by atoms with Crippen LogP contribution >= 0.6 is 11.6 Å². The first-order valence-electron chi connectivity index (χ1n) is 7.93. The third kappa shape index (κ3) is 4.18. The monoisotopic (exact) mass is 323 g/mol. The third-order valence-electron chi connectivity index (χ3n) is 4.42. The molecule has 2 aliphatic heterocycles. The van der Waals surface area contributed by atoms with Crippen LogP contribution in [-0.4, -0.2) is 54.7 Å². The van der Waals surface area contributed by atoms with Crippen molar-refractivity contribution in [2.45, 2.75) is 25.3 Å². The zero-order chi connectivity index (χ0) is 15.4. The molecule has 22 heavy (non-hydrogen) atoms. The fraction of sp³-hybridized carbons (Fsp3) is 0.625. The summed E-state index contributed by atoms with van der Waals surface area (Å²) in [6.07, 6.45) is 4.71. The molecule has 6 heteroatoms. The number of carbonyl (C=O) groups excluding carboxylic acids is 1. The van der Waals surface area contributed by atoms with E-state index in [0.717, 1.165) is 45.7 Å². The van der Waals surface area contributed by atoms with Crippen LogP contribution in [0, 0.1) is 5.92 Å². The highest BCUT2D eigenvalue weighted by Crippen LogP contribution is 2.18. The Balaban J connectivity index is 1.44. The number of pyridine rings is 1. The molecule has 0 aliphatic carbocycles.